The number of pyridine rings is 1. The van der Waals surface area contributed by atoms with Crippen LogP contribution in [0.4, 0.5) is 5.82 Å². The standard InChI is InChI=1S/C13H9BrCl2N2O/c1-18(12-4-2-3-11(14)17-12)13(19)9-6-5-8(15)7-10(9)16/h2-7H,1H3. The molecule has 0 radical (unpaired) electrons. The number of nitrogens with zero attached hydrogens (tertiary/aromatic N) is 2. The summed E-state index contributed by atoms with van der Waals surface area (Å²) in [5, 5.41) is 0.809. The molecule has 0 saturated carbocycles. The molecule has 19 heavy (non-hydrogen) atoms. The topological polar surface area (TPSA) is 33.2 Å². The molecule has 0 unspecified atom stereocenters. The maximum Gasteiger partial charge on any atom is 0.260 e. The van der Waals surface area contributed by atoms with E-state index in [2.05, 4.69) is 20.9 Å². The number of rotatable bonds is 2. The smallest absolute Gasteiger partial charge is 0.260 e. The number of hydrogen-bond donors (Lipinski definition) is 0. The highest BCUT2D eigenvalue weighted by Crippen LogP contribution is 2.24. The van der Waals surface area contributed by atoms with Gasteiger partial charge in [0.2, 0.25) is 0 Å². The largest absolute Gasteiger partial charge is 0.296 e. The summed E-state index contributed by atoms with van der Waals surface area (Å²) in [5.74, 6) is 0.289. The number of carbonyl (C=O) groups is 1. The second-order valence-corrected chi connectivity index (χ2v) is 5.46. The van der Waals surface area contributed by atoms with Crippen LogP contribution in [0.5, 0.6) is 0 Å². The first-order chi connectivity index (χ1) is 8.99. The molecule has 0 aliphatic carbocycles. The van der Waals surface area contributed by atoms with Crippen molar-refractivity contribution in [1.29, 1.82) is 0 Å². The highest BCUT2D eigenvalue weighted by molar-refractivity contribution is 9.10. The number of halogens is 3. The maximum absolute atomic E-state index is 12.3. The number of carbonyl (C=O) groups excluding carboxylic acids is 1. The predicted molar refractivity (Wildman–Crippen MR) is 81.1 cm³/mol. The molecule has 6 heteroatoms. The molecular formula is C13H9BrCl2N2O. The molecule has 98 valence electrons. The van der Waals surface area contributed by atoms with Gasteiger partial charge in [0.15, 0.2) is 0 Å². The van der Waals surface area contributed by atoms with Crippen molar-refractivity contribution in [2.24, 2.45) is 0 Å². The van der Waals surface area contributed by atoms with Crippen LogP contribution < -0.4 is 4.90 Å². The van der Waals surface area contributed by atoms with Crippen molar-refractivity contribution >= 4 is 50.9 Å². The zero-order valence-electron chi connectivity index (χ0n) is 9.90. The number of hydrogen-bond acceptors (Lipinski definition) is 2. The first-order valence-electron chi connectivity index (χ1n) is 5.34. The summed E-state index contributed by atoms with van der Waals surface area (Å²) in [6, 6.07) is 10.1. The maximum atomic E-state index is 12.3. The Hall–Kier alpha value is -1.10. The Morgan fingerprint density at radius 2 is 2.00 bits per heavy atom. The molecule has 3 nitrogen and oxygen atoms in total. The SMILES string of the molecule is CN(C(=O)c1ccc(Cl)cc1Cl)c1cccc(Br)n1. The lowest BCUT2D eigenvalue weighted by Crippen LogP contribution is -2.27. The minimum Gasteiger partial charge on any atom is -0.296 e. The molecule has 1 aromatic carbocycles. The van der Waals surface area contributed by atoms with Crippen LogP contribution in [0.25, 0.3) is 0 Å². The van der Waals surface area contributed by atoms with Crippen LogP contribution in [-0.2, 0) is 0 Å². The summed E-state index contributed by atoms with van der Waals surface area (Å²) >= 11 is 15.1. The van der Waals surface area contributed by atoms with Gasteiger partial charge in [0.1, 0.15) is 10.4 Å². The van der Waals surface area contributed by atoms with Gasteiger partial charge in [-0.2, -0.15) is 0 Å². The van der Waals surface area contributed by atoms with Crippen LogP contribution in [0.3, 0.4) is 0 Å². The van der Waals surface area contributed by atoms with Gasteiger partial charge >= 0.3 is 0 Å². The molecule has 1 aromatic heterocycles. The van der Waals surface area contributed by atoms with Crippen molar-refractivity contribution in [3.8, 4) is 0 Å². The van der Waals surface area contributed by atoms with E-state index in [0.717, 1.165) is 0 Å². The fourth-order valence-corrected chi connectivity index (χ4v) is 2.36. The quantitative estimate of drug-likeness (QED) is 0.743. The van der Waals surface area contributed by atoms with E-state index in [4.69, 9.17) is 23.2 Å². The molecule has 0 aliphatic heterocycles. The predicted octanol–water partition coefficient (Wildman–Crippen LogP) is 4.43. The molecule has 0 saturated heterocycles. The minimum atomic E-state index is -0.243. The summed E-state index contributed by atoms with van der Waals surface area (Å²) in [7, 11) is 1.64. The second kappa shape index (κ2) is 5.90. The van der Waals surface area contributed by atoms with E-state index >= 15 is 0 Å². The highest BCUT2D eigenvalue weighted by atomic mass is 79.9. The molecule has 0 spiro atoms. The molecule has 0 fully saturated rings. The van der Waals surface area contributed by atoms with Crippen LogP contribution in [0.1, 0.15) is 10.4 Å². The van der Waals surface area contributed by atoms with Gasteiger partial charge in [0.25, 0.3) is 5.91 Å². The van der Waals surface area contributed by atoms with Crippen LogP contribution in [0.15, 0.2) is 41.0 Å². The van der Waals surface area contributed by atoms with Gasteiger partial charge in [-0.25, -0.2) is 4.98 Å². The van der Waals surface area contributed by atoms with Crippen LogP contribution >= 0.6 is 39.1 Å². The Bertz CT molecular complexity index is 634. The lowest BCUT2D eigenvalue weighted by atomic mass is 10.2. The van der Waals surface area contributed by atoms with Gasteiger partial charge in [-0.3, -0.25) is 9.69 Å². The van der Waals surface area contributed by atoms with Crippen molar-refractivity contribution in [2.75, 3.05) is 11.9 Å². The van der Waals surface area contributed by atoms with E-state index in [0.29, 0.717) is 26.0 Å². The average molecular weight is 360 g/mol. The third-order valence-electron chi connectivity index (χ3n) is 2.51. The summed E-state index contributed by atoms with van der Waals surface area (Å²) in [5.41, 5.74) is 0.385. The minimum absolute atomic E-state index is 0.243. The molecule has 1 heterocycles. The van der Waals surface area contributed by atoms with Crippen molar-refractivity contribution in [3.63, 3.8) is 0 Å². The van der Waals surface area contributed by atoms with E-state index < -0.39 is 0 Å². The van der Waals surface area contributed by atoms with Crippen LogP contribution in [0.2, 0.25) is 10.0 Å². The van der Waals surface area contributed by atoms with Crippen molar-refractivity contribution < 1.29 is 4.79 Å². The third-order valence-corrected chi connectivity index (χ3v) is 3.50. The second-order valence-electron chi connectivity index (χ2n) is 3.81. The lowest BCUT2D eigenvalue weighted by molar-refractivity contribution is 0.0992. The molecule has 0 bridgehead atoms. The zero-order chi connectivity index (χ0) is 14.0. The van der Waals surface area contributed by atoms with Crippen molar-refractivity contribution in [1.82, 2.24) is 4.98 Å². The first kappa shape index (κ1) is 14.3. The number of anilines is 1. The monoisotopic (exact) mass is 358 g/mol. The average Bonchev–Trinajstić information content (AvgIpc) is 2.37. The first-order valence-corrected chi connectivity index (χ1v) is 6.89. The molecule has 1 amide bonds. The zero-order valence-corrected chi connectivity index (χ0v) is 13.0. The summed E-state index contributed by atoms with van der Waals surface area (Å²) in [6.45, 7) is 0. The van der Waals surface area contributed by atoms with Gasteiger partial charge < -0.3 is 0 Å². The fourth-order valence-electron chi connectivity index (χ4n) is 1.53. The molecular weight excluding hydrogens is 351 g/mol. The van der Waals surface area contributed by atoms with Crippen molar-refractivity contribution in [3.05, 3.63) is 56.6 Å². The Labute approximate surface area is 129 Å². The Balaban J connectivity index is 2.33. The normalized spacial score (nSPS) is 10.3. The summed E-state index contributed by atoms with van der Waals surface area (Å²) in [4.78, 5) is 18.0. The van der Waals surface area contributed by atoms with Gasteiger partial charge in [0.05, 0.1) is 10.6 Å². The Morgan fingerprint density at radius 1 is 1.26 bits per heavy atom. The van der Waals surface area contributed by atoms with Crippen LogP contribution in [-0.4, -0.2) is 17.9 Å². The van der Waals surface area contributed by atoms with Gasteiger partial charge in [-0.1, -0.05) is 29.3 Å². The van der Waals surface area contributed by atoms with E-state index in [9.17, 15) is 4.79 Å². The summed E-state index contributed by atoms with van der Waals surface area (Å²) < 4.78 is 0.659. The number of amides is 1. The van der Waals surface area contributed by atoms with Gasteiger partial charge in [-0.05, 0) is 46.3 Å². The molecule has 2 rings (SSSR count). The Morgan fingerprint density at radius 3 is 2.63 bits per heavy atom. The highest BCUT2D eigenvalue weighted by Gasteiger charge is 2.17. The molecule has 0 aliphatic rings. The number of aromatic nitrogens is 1. The van der Waals surface area contributed by atoms with Crippen LogP contribution in [0, 0.1) is 0 Å². The molecule has 2 aromatic rings. The van der Waals surface area contributed by atoms with E-state index in [1.165, 1.54) is 4.90 Å². The van der Waals surface area contributed by atoms with E-state index in [1.54, 1.807) is 43.4 Å². The molecule has 0 atom stereocenters. The third kappa shape index (κ3) is 3.26. The van der Waals surface area contributed by atoms with E-state index in [1.807, 2.05) is 0 Å². The number of benzene rings is 1. The summed E-state index contributed by atoms with van der Waals surface area (Å²) in [6.07, 6.45) is 0. The lowest BCUT2D eigenvalue weighted by Gasteiger charge is -2.17. The fraction of sp³-hybridized carbons (Fsp3) is 0.0769. The van der Waals surface area contributed by atoms with Gasteiger partial charge in [0, 0.05) is 12.1 Å². The van der Waals surface area contributed by atoms with E-state index in [-0.39, 0.29) is 5.91 Å². The van der Waals surface area contributed by atoms with Crippen molar-refractivity contribution in [2.45, 2.75) is 0 Å². The Kier molecular flexibility index (Phi) is 4.45. The van der Waals surface area contributed by atoms with Gasteiger partial charge in [-0.15, -0.1) is 0 Å². The molecule has 0 N–H and O–H groups in total.